The predicted octanol–water partition coefficient (Wildman–Crippen LogP) is 4.21. The highest BCUT2D eigenvalue weighted by Crippen LogP contribution is 2.35. The number of amides is 1. The van der Waals surface area contributed by atoms with Crippen LogP contribution in [0.4, 0.5) is 11.6 Å². The summed E-state index contributed by atoms with van der Waals surface area (Å²) in [5, 5.41) is 7.82. The van der Waals surface area contributed by atoms with Crippen molar-refractivity contribution in [3.05, 3.63) is 65.2 Å². The zero-order valence-corrected chi connectivity index (χ0v) is 17.7. The highest BCUT2D eigenvalue weighted by atomic mass is 32.1. The zero-order valence-electron chi connectivity index (χ0n) is 16.9. The van der Waals surface area contributed by atoms with Gasteiger partial charge in [-0.05, 0) is 42.4 Å². The average Bonchev–Trinajstić information content (AvgIpc) is 3.08. The second-order valence-corrected chi connectivity index (χ2v) is 8.30. The molecule has 5 rings (SSSR count). The highest BCUT2D eigenvalue weighted by Gasteiger charge is 2.21. The van der Waals surface area contributed by atoms with E-state index in [1.807, 2.05) is 30.3 Å². The minimum Gasteiger partial charge on any atom is -0.370 e. The number of fused-ring (bicyclic) bond motifs is 2. The number of nitrogens with zero attached hydrogens (tertiary/aromatic N) is 3. The Labute approximate surface area is 183 Å². The molecule has 4 aromatic rings. The van der Waals surface area contributed by atoms with Crippen molar-refractivity contribution in [1.82, 2.24) is 14.3 Å². The van der Waals surface area contributed by atoms with E-state index >= 15 is 0 Å². The first-order chi connectivity index (χ1) is 15.2. The van der Waals surface area contributed by atoms with Crippen LogP contribution in [0.1, 0.15) is 34.3 Å². The summed E-state index contributed by atoms with van der Waals surface area (Å²) in [6.07, 6.45) is 3.11. The average molecular weight is 431 g/mol. The standard InChI is InChI=1S/C23H22N6OS/c24-20(30)16-11-6-10-15-18(16)29-31-19(15)23-27-21-17(9-4-5-12-25-21)22(28-23)26-13-14-7-2-1-3-8-14/h1-3,6-8,10-11H,4-5,9,12-13H2,(H2,24,30)(H2,25,26,27,28). The molecule has 2 aromatic heterocycles. The molecule has 0 spiro atoms. The Bertz CT molecular complexity index is 1250. The maximum absolute atomic E-state index is 11.8. The Morgan fingerprint density at radius 3 is 2.81 bits per heavy atom. The first kappa shape index (κ1) is 19.4. The molecule has 7 nitrogen and oxygen atoms in total. The number of hydrogen-bond donors (Lipinski definition) is 3. The van der Waals surface area contributed by atoms with Crippen LogP contribution >= 0.6 is 11.5 Å². The predicted molar refractivity (Wildman–Crippen MR) is 124 cm³/mol. The number of hydrogen-bond acceptors (Lipinski definition) is 7. The van der Waals surface area contributed by atoms with Crippen LogP contribution in [0.25, 0.3) is 21.6 Å². The number of anilines is 2. The van der Waals surface area contributed by atoms with Gasteiger partial charge in [0.05, 0.1) is 11.1 Å². The molecule has 0 unspecified atom stereocenters. The van der Waals surface area contributed by atoms with Gasteiger partial charge in [-0.1, -0.05) is 42.5 Å². The van der Waals surface area contributed by atoms with Gasteiger partial charge in [0.2, 0.25) is 0 Å². The van der Waals surface area contributed by atoms with E-state index in [0.717, 1.165) is 53.3 Å². The van der Waals surface area contributed by atoms with E-state index in [2.05, 4.69) is 27.1 Å². The first-order valence-corrected chi connectivity index (χ1v) is 11.1. The molecule has 4 N–H and O–H groups in total. The molecule has 0 fully saturated rings. The third-order valence-electron chi connectivity index (χ3n) is 5.43. The summed E-state index contributed by atoms with van der Waals surface area (Å²) in [6, 6.07) is 15.7. The fraction of sp³-hybridized carbons (Fsp3) is 0.217. The maximum atomic E-state index is 11.8. The third kappa shape index (κ3) is 3.82. The number of primary amides is 1. The third-order valence-corrected chi connectivity index (χ3v) is 6.29. The van der Waals surface area contributed by atoms with Crippen molar-refractivity contribution in [3.8, 4) is 10.7 Å². The lowest BCUT2D eigenvalue weighted by atomic mass is 10.1. The van der Waals surface area contributed by atoms with Gasteiger partial charge in [-0.25, -0.2) is 9.97 Å². The molecule has 31 heavy (non-hydrogen) atoms. The fourth-order valence-corrected chi connectivity index (χ4v) is 4.67. The molecule has 2 aromatic carbocycles. The van der Waals surface area contributed by atoms with E-state index in [1.54, 1.807) is 6.07 Å². The Morgan fingerprint density at radius 2 is 1.97 bits per heavy atom. The largest absolute Gasteiger partial charge is 0.370 e. The summed E-state index contributed by atoms with van der Waals surface area (Å²) < 4.78 is 4.49. The maximum Gasteiger partial charge on any atom is 0.250 e. The summed E-state index contributed by atoms with van der Waals surface area (Å²) in [5.41, 5.74) is 8.84. The molecule has 3 heterocycles. The molecule has 156 valence electrons. The number of benzene rings is 2. The van der Waals surface area contributed by atoms with E-state index in [9.17, 15) is 4.79 Å². The Balaban J connectivity index is 1.59. The van der Waals surface area contributed by atoms with E-state index in [-0.39, 0.29) is 0 Å². The number of nitrogens with two attached hydrogens (primary N) is 1. The number of rotatable bonds is 5. The van der Waals surface area contributed by atoms with Crippen molar-refractivity contribution in [3.63, 3.8) is 0 Å². The zero-order chi connectivity index (χ0) is 21.2. The van der Waals surface area contributed by atoms with Gasteiger partial charge >= 0.3 is 0 Å². The summed E-state index contributed by atoms with van der Waals surface area (Å²) in [5.74, 6) is 1.81. The molecule has 1 aliphatic rings. The molecule has 0 radical (unpaired) electrons. The second kappa shape index (κ2) is 8.31. The lowest BCUT2D eigenvalue weighted by Gasteiger charge is -2.15. The number of aromatic nitrogens is 3. The van der Waals surface area contributed by atoms with Gasteiger partial charge in [-0.3, -0.25) is 4.79 Å². The van der Waals surface area contributed by atoms with Crippen LogP contribution in [-0.4, -0.2) is 26.8 Å². The van der Waals surface area contributed by atoms with Crippen molar-refractivity contribution in [2.24, 2.45) is 5.73 Å². The van der Waals surface area contributed by atoms with Gasteiger partial charge in [0.1, 0.15) is 16.5 Å². The quantitative estimate of drug-likeness (QED) is 0.438. The highest BCUT2D eigenvalue weighted by molar-refractivity contribution is 7.11. The summed E-state index contributed by atoms with van der Waals surface area (Å²) >= 11 is 1.29. The molecule has 0 aliphatic carbocycles. The first-order valence-electron chi connectivity index (χ1n) is 10.3. The van der Waals surface area contributed by atoms with Gasteiger partial charge < -0.3 is 16.4 Å². The Kier molecular flexibility index (Phi) is 5.21. The van der Waals surface area contributed by atoms with Crippen LogP contribution in [0.2, 0.25) is 0 Å². The second-order valence-electron chi connectivity index (χ2n) is 7.52. The molecule has 1 amide bonds. The SMILES string of the molecule is NC(=O)c1cccc2c(-c3nc4c(c(NCc5ccccc5)n3)CCCCN4)snc12. The molecule has 8 heteroatoms. The van der Waals surface area contributed by atoms with E-state index in [1.165, 1.54) is 17.1 Å². The van der Waals surface area contributed by atoms with Crippen molar-refractivity contribution in [2.75, 3.05) is 17.2 Å². The van der Waals surface area contributed by atoms with E-state index in [0.29, 0.717) is 23.4 Å². The van der Waals surface area contributed by atoms with Crippen molar-refractivity contribution in [1.29, 1.82) is 0 Å². The van der Waals surface area contributed by atoms with Gasteiger partial charge in [-0.2, -0.15) is 4.37 Å². The lowest BCUT2D eigenvalue weighted by molar-refractivity contribution is 0.100. The monoisotopic (exact) mass is 430 g/mol. The fourth-order valence-electron chi connectivity index (χ4n) is 3.86. The summed E-state index contributed by atoms with van der Waals surface area (Å²) in [4.78, 5) is 22.4. The molecule has 1 aliphatic heterocycles. The van der Waals surface area contributed by atoms with Crippen LogP contribution in [-0.2, 0) is 13.0 Å². The number of nitrogens with one attached hydrogen (secondary N) is 2. The van der Waals surface area contributed by atoms with Crippen LogP contribution in [0.3, 0.4) is 0 Å². The van der Waals surface area contributed by atoms with Crippen LogP contribution in [0.5, 0.6) is 0 Å². The van der Waals surface area contributed by atoms with Crippen molar-refractivity contribution < 1.29 is 4.79 Å². The van der Waals surface area contributed by atoms with E-state index < -0.39 is 5.91 Å². The van der Waals surface area contributed by atoms with Gasteiger partial charge in [0.25, 0.3) is 5.91 Å². The lowest BCUT2D eigenvalue weighted by Crippen LogP contribution is -2.11. The van der Waals surface area contributed by atoms with Gasteiger partial charge in [0, 0.05) is 24.0 Å². The molecule has 0 atom stereocenters. The Hall–Kier alpha value is -3.52. The van der Waals surface area contributed by atoms with Gasteiger partial charge in [0.15, 0.2) is 5.82 Å². The molecule has 0 saturated heterocycles. The number of carbonyl (C=O) groups excluding carboxylic acids is 1. The van der Waals surface area contributed by atoms with Crippen LogP contribution in [0, 0.1) is 0 Å². The topological polar surface area (TPSA) is 106 Å². The van der Waals surface area contributed by atoms with Crippen LogP contribution in [0.15, 0.2) is 48.5 Å². The summed E-state index contributed by atoms with van der Waals surface area (Å²) in [6.45, 7) is 1.57. The summed E-state index contributed by atoms with van der Waals surface area (Å²) in [7, 11) is 0. The normalized spacial score (nSPS) is 13.3. The minimum absolute atomic E-state index is 0.412. The van der Waals surface area contributed by atoms with Crippen molar-refractivity contribution in [2.45, 2.75) is 25.8 Å². The smallest absolute Gasteiger partial charge is 0.250 e. The molecule has 0 bridgehead atoms. The van der Waals surface area contributed by atoms with Crippen LogP contribution < -0.4 is 16.4 Å². The van der Waals surface area contributed by atoms with Crippen molar-refractivity contribution >= 4 is 40.0 Å². The number of carbonyl (C=O) groups is 1. The van der Waals surface area contributed by atoms with E-state index in [4.69, 9.17) is 15.7 Å². The molecular weight excluding hydrogens is 408 g/mol. The minimum atomic E-state index is -0.489. The van der Waals surface area contributed by atoms with Gasteiger partial charge in [-0.15, -0.1) is 0 Å². The Morgan fingerprint density at radius 1 is 1.10 bits per heavy atom. The molecule has 0 saturated carbocycles. The molecular formula is C23H22N6OS.